The molecule has 0 fully saturated rings. The average Bonchev–Trinajstić information content (AvgIpc) is 2.48. The van der Waals surface area contributed by atoms with Gasteiger partial charge in [-0.3, -0.25) is 10.1 Å². The van der Waals surface area contributed by atoms with E-state index in [0.29, 0.717) is 18.8 Å². The maximum absolute atomic E-state index is 10.8. The van der Waals surface area contributed by atoms with Crippen molar-refractivity contribution < 1.29 is 9.66 Å². The van der Waals surface area contributed by atoms with Crippen molar-refractivity contribution in [3.63, 3.8) is 0 Å². The number of nitrogens with zero attached hydrogens (tertiary/aromatic N) is 1. The number of benzene rings is 2. The highest BCUT2D eigenvalue weighted by Gasteiger charge is 2.12. The van der Waals surface area contributed by atoms with Crippen molar-refractivity contribution in [2.24, 2.45) is 0 Å². The van der Waals surface area contributed by atoms with E-state index < -0.39 is 4.92 Å². The summed E-state index contributed by atoms with van der Waals surface area (Å²) in [5.74, 6) is 0.823. The number of rotatable bonds is 6. The molecule has 2 aromatic carbocycles. The first-order valence-electron chi connectivity index (χ1n) is 6.49. The highest BCUT2D eigenvalue weighted by molar-refractivity contribution is 6.32. The Kier molecular flexibility index (Phi) is 5.00. The van der Waals surface area contributed by atoms with Crippen LogP contribution in [0.5, 0.6) is 5.75 Å². The lowest BCUT2D eigenvalue weighted by Gasteiger charge is -2.08. The predicted octanol–water partition coefficient (Wildman–Crippen LogP) is 4.26. The summed E-state index contributed by atoms with van der Waals surface area (Å²) in [7, 11) is 0. The van der Waals surface area contributed by atoms with Crippen LogP contribution in [0.4, 0.5) is 11.4 Å². The summed E-state index contributed by atoms with van der Waals surface area (Å²) in [5, 5.41) is 14.1. The van der Waals surface area contributed by atoms with Gasteiger partial charge in [0.15, 0.2) is 0 Å². The molecule has 0 heterocycles. The summed E-state index contributed by atoms with van der Waals surface area (Å²) in [6.45, 7) is 3.13. The van der Waals surface area contributed by atoms with Gasteiger partial charge in [0, 0.05) is 18.3 Å². The number of nitrogens with one attached hydrogen (secondary N) is 1. The van der Waals surface area contributed by atoms with Gasteiger partial charge in [0.1, 0.15) is 10.8 Å². The Morgan fingerprint density at radius 1 is 1.24 bits per heavy atom. The maximum atomic E-state index is 10.8. The number of nitro groups is 1. The second kappa shape index (κ2) is 6.95. The molecule has 21 heavy (non-hydrogen) atoms. The monoisotopic (exact) mass is 306 g/mol. The molecule has 2 rings (SSSR count). The first-order chi connectivity index (χ1) is 10.1. The lowest BCUT2D eigenvalue weighted by molar-refractivity contribution is -0.384. The van der Waals surface area contributed by atoms with Crippen LogP contribution in [0.15, 0.2) is 42.5 Å². The summed E-state index contributed by atoms with van der Waals surface area (Å²) < 4.78 is 5.37. The number of nitro benzene ring substituents is 1. The van der Waals surface area contributed by atoms with E-state index in [2.05, 4.69) is 5.32 Å². The fraction of sp³-hybridized carbons (Fsp3) is 0.200. The lowest BCUT2D eigenvalue weighted by atomic mass is 10.2. The zero-order chi connectivity index (χ0) is 15.2. The molecule has 0 aliphatic carbocycles. The molecule has 0 aliphatic heterocycles. The van der Waals surface area contributed by atoms with Crippen LogP contribution in [-0.4, -0.2) is 11.5 Å². The zero-order valence-corrected chi connectivity index (χ0v) is 12.3. The van der Waals surface area contributed by atoms with E-state index in [-0.39, 0.29) is 10.7 Å². The lowest BCUT2D eigenvalue weighted by Crippen LogP contribution is -2.00. The molecule has 0 amide bonds. The smallest absolute Gasteiger partial charge is 0.289 e. The number of anilines is 1. The summed E-state index contributed by atoms with van der Waals surface area (Å²) >= 11 is 5.77. The van der Waals surface area contributed by atoms with Crippen molar-refractivity contribution in [3.8, 4) is 5.75 Å². The van der Waals surface area contributed by atoms with E-state index in [4.69, 9.17) is 16.3 Å². The van der Waals surface area contributed by atoms with Crippen LogP contribution in [0.3, 0.4) is 0 Å². The minimum Gasteiger partial charge on any atom is -0.494 e. The van der Waals surface area contributed by atoms with Gasteiger partial charge in [0.25, 0.3) is 5.69 Å². The van der Waals surface area contributed by atoms with Gasteiger partial charge in [-0.1, -0.05) is 23.7 Å². The second-order valence-electron chi connectivity index (χ2n) is 4.35. The Labute approximate surface area is 127 Å². The van der Waals surface area contributed by atoms with Crippen LogP contribution in [0, 0.1) is 10.1 Å². The van der Waals surface area contributed by atoms with Crippen molar-refractivity contribution in [1.29, 1.82) is 0 Å². The minimum atomic E-state index is -0.496. The van der Waals surface area contributed by atoms with Crippen LogP contribution in [0.1, 0.15) is 12.5 Å². The Bertz CT molecular complexity index is 629. The molecule has 6 heteroatoms. The van der Waals surface area contributed by atoms with E-state index in [1.807, 2.05) is 31.2 Å². The van der Waals surface area contributed by atoms with Gasteiger partial charge in [-0.2, -0.15) is 0 Å². The molecule has 5 nitrogen and oxygen atoms in total. The Hall–Kier alpha value is -2.27. The van der Waals surface area contributed by atoms with Crippen molar-refractivity contribution in [2.75, 3.05) is 11.9 Å². The average molecular weight is 307 g/mol. The van der Waals surface area contributed by atoms with Crippen molar-refractivity contribution in [1.82, 2.24) is 0 Å². The van der Waals surface area contributed by atoms with E-state index >= 15 is 0 Å². The molecule has 110 valence electrons. The van der Waals surface area contributed by atoms with Gasteiger partial charge >= 0.3 is 0 Å². The molecule has 1 N–H and O–H groups in total. The van der Waals surface area contributed by atoms with Gasteiger partial charge in [0.2, 0.25) is 0 Å². The van der Waals surface area contributed by atoms with Crippen LogP contribution >= 0.6 is 11.6 Å². The second-order valence-corrected chi connectivity index (χ2v) is 4.76. The number of ether oxygens (including phenoxy) is 1. The molecule has 0 spiro atoms. The Balaban J connectivity index is 2.02. The van der Waals surface area contributed by atoms with Gasteiger partial charge in [-0.05, 0) is 36.8 Å². The fourth-order valence-corrected chi connectivity index (χ4v) is 2.02. The van der Waals surface area contributed by atoms with E-state index in [1.54, 1.807) is 6.07 Å². The first kappa shape index (κ1) is 15.1. The summed E-state index contributed by atoms with van der Waals surface area (Å²) in [4.78, 5) is 10.3. The molecule has 0 unspecified atom stereocenters. The van der Waals surface area contributed by atoms with Crippen LogP contribution in [0.25, 0.3) is 0 Å². The minimum absolute atomic E-state index is 0.103. The van der Waals surface area contributed by atoms with Gasteiger partial charge in [0.05, 0.1) is 11.5 Å². The fourth-order valence-electron chi connectivity index (χ4n) is 1.84. The van der Waals surface area contributed by atoms with Gasteiger partial charge in [-0.25, -0.2) is 0 Å². The third-order valence-corrected chi connectivity index (χ3v) is 3.19. The standard InChI is InChI=1S/C15H15ClN2O3/c1-2-21-13-6-3-11(4-7-13)10-17-12-5-8-14(16)15(9-12)18(19)20/h3-9,17H,2,10H2,1H3. The largest absolute Gasteiger partial charge is 0.494 e. The summed E-state index contributed by atoms with van der Waals surface area (Å²) in [6, 6.07) is 12.3. The summed E-state index contributed by atoms with van der Waals surface area (Å²) in [6.07, 6.45) is 0. The van der Waals surface area contributed by atoms with E-state index in [1.165, 1.54) is 12.1 Å². The number of hydrogen-bond acceptors (Lipinski definition) is 4. The van der Waals surface area contributed by atoms with Crippen LogP contribution in [0.2, 0.25) is 5.02 Å². The van der Waals surface area contributed by atoms with Gasteiger partial charge in [-0.15, -0.1) is 0 Å². The SMILES string of the molecule is CCOc1ccc(CNc2ccc(Cl)c([N+](=O)[O-])c2)cc1. The highest BCUT2D eigenvalue weighted by Crippen LogP contribution is 2.27. The third kappa shape index (κ3) is 4.10. The van der Waals surface area contributed by atoms with Gasteiger partial charge < -0.3 is 10.1 Å². The molecule has 0 bridgehead atoms. The van der Waals surface area contributed by atoms with Crippen molar-refractivity contribution >= 4 is 23.0 Å². The molecule has 0 atom stereocenters. The molecule has 0 aromatic heterocycles. The quantitative estimate of drug-likeness (QED) is 0.640. The molecule has 0 saturated carbocycles. The molecule has 0 saturated heterocycles. The number of hydrogen-bond donors (Lipinski definition) is 1. The molecule has 0 radical (unpaired) electrons. The molecule has 0 aliphatic rings. The molecule has 2 aromatic rings. The normalized spacial score (nSPS) is 10.2. The predicted molar refractivity (Wildman–Crippen MR) is 83.0 cm³/mol. The molecular weight excluding hydrogens is 292 g/mol. The Morgan fingerprint density at radius 3 is 2.57 bits per heavy atom. The zero-order valence-electron chi connectivity index (χ0n) is 11.5. The first-order valence-corrected chi connectivity index (χ1v) is 6.87. The highest BCUT2D eigenvalue weighted by atomic mass is 35.5. The van der Waals surface area contributed by atoms with Crippen molar-refractivity contribution in [2.45, 2.75) is 13.5 Å². The Morgan fingerprint density at radius 2 is 1.95 bits per heavy atom. The maximum Gasteiger partial charge on any atom is 0.289 e. The topological polar surface area (TPSA) is 64.4 Å². The summed E-state index contributed by atoms with van der Waals surface area (Å²) in [5.41, 5.74) is 1.60. The molecular formula is C15H15ClN2O3. The third-order valence-electron chi connectivity index (χ3n) is 2.87. The van der Waals surface area contributed by atoms with E-state index in [9.17, 15) is 10.1 Å². The van der Waals surface area contributed by atoms with Crippen LogP contribution in [-0.2, 0) is 6.54 Å². The number of halogens is 1. The van der Waals surface area contributed by atoms with E-state index in [0.717, 1.165) is 11.3 Å². The van der Waals surface area contributed by atoms with Crippen LogP contribution < -0.4 is 10.1 Å². The van der Waals surface area contributed by atoms with Crippen molar-refractivity contribution in [3.05, 3.63) is 63.2 Å².